The Kier molecular flexibility index (Phi) is 7.78. The van der Waals surface area contributed by atoms with Crippen LogP contribution in [0.2, 0.25) is 0 Å². The highest BCUT2D eigenvalue weighted by atomic mass is 32.1. The van der Waals surface area contributed by atoms with Gasteiger partial charge in [0.2, 0.25) is 0 Å². The second-order valence-electron chi connectivity index (χ2n) is 7.84. The van der Waals surface area contributed by atoms with E-state index in [1.165, 1.54) is 0 Å². The smallest absolute Gasteiger partial charge is 0.260 e. The van der Waals surface area contributed by atoms with Gasteiger partial charge in [-0.05, 0) is 52.4 Å². The number of hydrogen-bond acceptors (Lipinski definition) is 4. The molecule has 2 fully saturated rings. The minimum atomic E-state index is -2.57. The first-order valence-electron chi connectivity index (χ1n) is 9.43. The molecule has 0 N–H and O–H groups in total. The van der Waals surface area contributed by atoms with Gasteiger partial charge in [-0.25, -0.2) is 8.78 Å². The second kappa shape index (κ2) is 9.15. The summed E-state index contributed by atoms with van der Waals surface area (Å²) in [6.07, 6.45) is 3.70. The van der Waals surface area contributed by atoms with E-state index in [0.29, 0.717) is 6.04 Å². The molecule has 0 radical (unpaired) electrons. The zero-order valence-corrected chi connectivity index (χ0v) is 16.3. The fourth-order valence-corrected chi connectivity index (χ4v) is 4.17. The van der Waals surface area contributed by atoms with E-state index in [-0.39, 0.29) is 30.4 Å². The predicted molar refractivity (Wildman–Crippen MR) is 98.0 cm³/mol. The first-order chi connectivity index (χ1) is 11.2. The lowest BCUT2D eigenvalue weighted by molar-refractivity contribution is -0.0700. The first-order valence-corrected chi connectivity index (χ1v) is 9.94. The summed E-state index contributed by atoms with van der Waals surface area (Å²) in [6.45, 7) is 9.47. The van der Waals surface area contributed by atoms with Crippen LogP contribution < -0.4 is 0 Å². The van der Waals surface area contributed by atoms with Crippen molar-refractivity contribution in [3.8, 4) is 0 Å². The molecule has 0 aromatic rings. The molecule has 0 spiro atoms. The van der Waals surface area contributed by atoms with Crippen LogP contribution in [0.5, 0.6) is 0 Å². The van der Waals surface area contributed by atoms with E-state index >= 15 is 0 Å². The van der Waals surface area contributed by atoms with E-state index < -0.39 is 5.92 Å². The van der Waals surface area contributed by atoms with Gasteiger partial charge in [-0.15, -0.1) is 12.6 Å². The van der Waals surface area contributed by atoms with E-state index in [9.17, 15) is 8.78 Å². The molecule has 0 unspecified atom stereocenters. The highest BCUT2D eigenvalue weighted by Crippen LogP contribution is 2.35. The standard InChI is InChI=1S/C18H34F2N2OS/c1-14(2)22-10-8-21(9-11-22)13-18(19,20)12-16-4-6-17(7-5-16)23-15(3)24/h14-17,24H,4-13H2,1-3H3/t15-,16?,17?/m0/s1. The third-order valence-electron chi connectivity index (χ3n) is 5.36. The van der Waals surface area contributed by atoms with E-state index in [1.54, 1.807) is 0 Å². The van der Waals surface area contributed by atoms with Crippen molar-refractivity contribution in [2.75, 3.05) is 32.7 Å². The van der Waals surface area contributed by atoms with Crippen LogP contribution in [-0.2, 0) is 4.74 Å². The maximum Gasteiger partial charge on any atom is 0.260 e. The first kappa shape index (κ1) is 20.4. The molecular weight excluding hydrogens is 330 g/mol. The number of ether oxygens (including phenoxy) is 1. The lowest BCUT2D eigenvalue weighted by Gasteiger charge is -2.39. The van der Waals surface area contributed by atoms with Crippen molar-refractivity contribution in [3.05, 3.63) is 0 Å². The molecule has 0 bridgehead atoms. The van der Waals surface area contributed by atoms with Gasteiger partial charge in [-0.2, -0.15) is 0 Å². The van der Waals surface area contributed by atoms with Crippen molar-refractivity contribution in [1.29, 1.82) is 0 Å². The minimum absolute atomic E-state index is 0.0283. The Morgan fingerprint density at radius 3 is 2.12 bits per heavy atom. The summed E-state index contributed by atoms with van der Waals surface area (Å²) >= 11 is 4.24. The number of rotatable bonds is 7. The molecule has 1 atom stereocenters. The Labute approximate surface area is 151 Å². The topological polar surface area (TPSA) is 15.7 Å². The molecule has 0 aromatic heterocycles. The summed E-state index contributed by atoms with van der Waals surface area (Å²) < 4.78 is 34.6. The molecule has 1 aliphatic carbocycles. The zero-order valence-electron chi connectivity index (χ0n) is 15.4. The molecule has 0 amide bonds. The number of halogens is 2. The summed E-state index contributed by atoms with van der Waals surface area (Å²) in [6, 6.07) is 0.505. The van der Waals surface area contributed by atoms with Gasteiger partial charge in [-0.1, -0.05) is 0 Å². The Morgan fingerprint density at radius 2 is 1.62 bits per heavy atom. The van der Waals surface area contributed by atoms with Crippen LogP contribution in [0.4, 0.5) is 8.78 Å². The average molecular weight is 365 g/mol. The third kappa shape index (κ3) is 6.77. The molecule has 6 heteroatoms. The second-order valence-corrected chi connectivity index (χ2v) is 8.57. The van der Waals surface area contributed by atoms with Crippen molar-refractivity contribution in [2.24, 2.45) is 5.92 Å². The Hall–Kier alpha value is 0.0900. The normalized spacial score (nSPS) is 29.1. The molecule has 1 saturated carbocycles. The van der Waals surface area contributed by atoms with Crippen LogP contribution in [0.15, 0.2) is 0 Å². The summed E-state index contributed by atoms with van der Waals surface area (Å²) in [4.78, 5) is 4.30. The van der Waals surface area contributed by atoms with Crippen molar-refractivity contribution in [1.82, 2.24) is 9.80 Å². The number of alkyl halides is 2. The van der Waals surface area contributed by atoms with Crippen LogP contribution in [-0.4, -0.2) is 66.0 Å². The van der Waals surface area contributed by atoms with Gasteiger partial charge in [-0.3, -0.25) is 9.80 Å². The maximum atomic E-state index is 14.5. The maximum absolute atomic E-state index is 14.5. The monoisotopic (exact) mass is 364 g/mol. The van der Waals surface area contributed by atoms with Gasteiger partial charge in [0, 0.05) is 38.6 Å². The van der Waals surface area contributed by atoms with Crippen LogP contribution in [0, 0.1) is 5.92 Å². The summed E-state index contributed by atoms with van der Waals surface area (Å²) in [5.74, 6) is -2.44. The molecule has 3 nitrogen and oxygen atoms in total. The van der Waals surface area contributed by atoms with Gasteiger partial charge in [0.1, 0.15) is 0 Å². The highest BCUT2D eigenvalue weighted by molar-refractivity contribution is 7.80. The van der Waals surface area contributed by atoms with Gasteiger partial charge < -0.3 is 4.74 Å². The molecular formula is C18H34F2N2OS. The Morgan fingerprint density at radius 1 is 1.04 bits per heavy atom. The fourth-order valence-electron chi connectivity index (χ4n) is 4.00. The molecule has 2 aliphatic rings. The van der Waals surface area contributed by atoms with Gasteiger partial charge in [0.25, 0.3) is 5.92 Å². The molecule has 1 saturated heterocycles. The minimum Gasteiger partial charge on any atom is -0.365 e. The Bertz CT molecular complexity index is 366. The van der Waals surface area contributed by atoms with Crippen LogP contribution >= 0.6 is 12.6 Å². The molecule has 142 valence electrons. The molecule has 1 aliphatic heterocycles. The van der Waals surface area contributed by atoms with Crippen molar-refractivity contribution in [3.63, 3.8) is 0 Å². The van der Waals surface area contributed by atoms with Crippen LogP contribution in [0.1, 0.15) is 52.9 Å². The van der Waals surface area contributed by atoms with Crippen molar-refractivity contribution in [2.45, 2.75) is 76.4 Å². The lowest BCUT2D eigenvalue weighted by Crippen LogP contribution is -2.51. The molecule has 2 rings (SSSR count). The van der Waals surface area contributed by atoms with Crippen LogP contribution in [0.25, 0.3) is 0 Å². The largest absolute Gasteiger partial charge is 0.365 e. The highest BCUT2D eigenvalue weighted by Gasteiger charge is 2.37. The number of hydrogen-bond donors (Lipinski definition) is 1. The lowest BCUT2D eigenvalue weighted by atomic mass is 9.83. The zero-order chi connectivity index (χ0) is 17.7. The van der Waals surface area contributed by atoms with Crippen molar-refractivity contribution >= 4 is 12.6 Å². The summed E-state index contributed by atoms with van der Waals surface area (Å²) in [5, 5.41) is 0. The number of thiol groups is 1. The van der Waals surface area contributed by atoms with E-state index in [0.717, 1.165) is 51.9 Å². The third-order valence-corrected chi connectivity index (χ3v) is 5.48. The SMILES string of the molecule is CC(C)N1CCN(CC(F)(F)CC2CCC(O[C@H](C)S)CC2)CC1. The van der Waals surface area contributed by atoms with E-state index in [1.807, 2.05) is 11.8 Å². The predicted octanol–water partition coefficient (Wildman–Crippen LogP) is 3.89. The average Bonchev–Trinajstić information content (AvgIpc) is 2.48. The van der Waals surface area contributed by atoms with Gasteiger partial charge in [0.05, 0.1) is 18.1 Å². The summed E-state index contributed by atoms with van der Waals surface area (Å²) in [5.41, 5.74) is -0.0718. The fraction of sp³-hybridized carbons (Fsp3) is 1.00. The van der Waals surface area contributed by atoms with Crippen molar-refractivity contribution < 1.29 is 13.5 Å². The van der Waals surface area contributed by atoms with E-state index in [2.05, 4.69) is 31.4 Å². The quantitative estimate of drug-likeness (QED) is 0.545. The number of piperazine rings is 1. The molecule has 1 heterocycles. The summed E-state index contributed by atoms with van der Waals surface area (Å²) in [7, 11) is 0. The molecule has 24 heavy (non-hydrogen) atoms. The molecule has 0 aromatic carbocycles. The Balaban J connectivity index is 1.70. The van der Waals surface area contributed by atoms with Crippen LogP contribution in [0.3, 0.4) is 0 Å². The number of nitrogens with zero attached hydrogens (tertiary/aromatic N) is 2. The van der Waals surface area contributed by atoms with Gasteiger partial charge in [0.15, 0.2) is 0 Å². The van der Waals surface area contributed by atoms with E-state index in [4.69, 9.17) is 4.74 Å². The van der Waals surface area contributed by atoms with Gasteiger partial charge >= 0.3 is 0 Å².